The summed E-state index contributed by atoms with van der Waals surface area (Å²) in [6, 6.07) is 0. The molecule has 0 saturated heterocycles. The molecule has 8 heavy (non-hydrogen) atoms. The lowest BCUT2D eigenvalue weighted by Gasteiger charge is -2.12. The molecule has 0 saturated carbocycles. The molecule has 0 radical (unpaired) electrons. The summed E-state index contributed by atoms with van der Waals surface area (Å²) in [7, 11) is 4.17. The maximum atomic E-state index is 4.10. The Bertz CT molecular complexity index is 154. The smallest absolute Gasteiger partial charge is 0.194 e. The van der Waals surface area contributed by atoms with Crippen molar-refractivity contribution in [1.29, 1.82) is 0 Å². The Kier molecular flexibility index (Phi) is 0.978. The maximum absolute atomic E-state index is 4.10. The molecule has 0 atom stereocenters. The molecule has 2 heteroatoms. The number of quaternary nitrogens is 1. The fourth-order valence-corrected chi connectivity index (χ4v) is 0.788. The van der Waals surface area contributed by atoms with Crippen LogP contribution >= 0.6 is 0 Å². The largest absolute Gasteiger partial charge is 0.258 e. The van der Waals surface area contributed by atoms with Gasteiger partial charge in [0.05, 0.1) is 19.8 Å². The Morgan fingerprint density at radius 3 is 2.25 bits per heavy atom. The van der Waals surface area contributed by atoms with Crippen LogP contribution in [0.1, 0.15) is 6.92 Å². The Balaban J connectivity index is 2.84. The van der Waals surface area contributed by atoms with Crippen LogP contribution in [-0.2, 0) is 0 Å². The minimum atomic E-state index is 0.784. The highest BCUT2D eigenvalue weighted by atomic mass is 15.3. The third-order valence-corrected chi connectivity index (χ3v) is 1.08. The standard InChI is InChI=1S/C6H11N2/c1-6-4-8(2,3)5-7-6/h4-5H,1-3H3/q+1. The topological polar surface area (TPSA) is 12.4 Å². The van der Waals surface area contributed by atoms with E-state index in [1.54, 1.807) is 0 Å². The zero-order chi connectivity index (χ0) is 6.20. The molecule has 1 aliphatic rings. The Labute approximate surface area is 49.7 Å². The molecule has 0 aliphatic carbocycles. The van der Waals surface area contributed by atoms with Crippen LogP contribution in [-0.4, -0.2) is 24.9 Å². The average Bonchev–Trinajstić information content (AvgIpc) is 1.82. The summed E-state index contributed by atoms with van der Waals surface area (Å²) >= 11 is 0. The first kappa shape index (κ1) is 5.51. The molecule has 0 amide bonds. The van der Waals surface area contributed by atoms with E-state index in [1.807, 2.05) is 13.3 Å². The summed E-state index contributed by atoms with van der Waals surface area (Å²) in [5, 5.41) is 0. The van der Waals surface area contributed by atoms with Gasteiger partial charge in [-0.05, 0) is 6.92 Å². The highest BCUT2D eigenvalue weighted by Gasteiger charge is 2.13. The van der Waals surface area contributed by atoms with Gasteiger partial charge in [-0.3, -0.25) is 4.48 Å². The number of aliphatic imine (C=N–C) groups is 1. The van der Waals surface area contributed by atoms with Gasteiger partial charge in [0.2, 0.25) is 0 Å². The van der Waals surface area contributed by atoms with Crippen LogP contribution < -0.4 is 0 Å². The predicted octanol–water partition coefficient (Wildman–Crippen LogP) is 0.966. The zero-order valence-electron chi connectivity index (χ0n) is 5.55. The average molecular weight is 111 g/mol. The minimum Gasteiger partial charge on any atom is -0.258 e. The molecule has 0 aromatic heterocycles. The van der Waals surface area contributed by atoms with Crippen LogP contribution in [0.25, 0.3) is 0 Å². The number of allylic oxidation sites excluding steroid dienone is 1. The lowest BCUT2D eigenvalue weighted by molar-refractivity contribution is -0.732. The van der Waals surface area contributed by atoms with Gasteiger partial charge in [-0.25, -0.2) is 4.99 Å². The minimum absolute atomic E-state index is 0.784. The Morgan fingerprint density at radius 2 is 2.12 bits per heavy atom. The van der Waals surface area contributed by atoms with Crippen molar-refractivity contribution in [2.75, 3.05) is 14.1 Å². The van der Waals surface area contributed by atoms with Crippen molar-refractivity contribution in [2.45, 2.75) is 6.92 Å². The molecule has 0 unspecified atom stereocenters. The van der Waals surface area contributed by atoms with E-state index in [1.165, 1.54) is 0 Å². The maximum Gasteiger partial charge on any atom is 0.194 e. The molecule has 0 aromatic carbocycles. The van der Waals surface area contributed by atoms with E-state index >= 15 is 0 Å². The van der Waals surface area contributed by atoms with Crippen molar-refractivity contribution in [3.8, 4) is 0 Å². The molecule has 0 bridgehead atoms. The van der Waals surface area contributed by atoms with E-state index in [-0.39, 0.29) is 0 Å². The summed E-state index contributed by atoms with van der Waals surface area (Å²) in [6.07, 6.45) is 4.01. The number of hydrogen-bond donors (Lipinski definition) is 0. The molecule has 1 heterocycles. The first-order chi connectivity index (χ1) is 3.60. The predicted molar refractivity (Wildman–Crippen MR) is 34.4 cm³/mol. The van der Waals surface area contributed by atoms with Gasteiger partial charge in [0.25, 0.3) is 0 Å². The molecular formula is C6H11N2+. The molecule has 1 aliphatic heterocycles. The fraction of sp³-hybridized carbons (Fsp3) is 0.500. The lowest BCUT2D eigenvalue weighted by atomic mass is 10.5. The molecule has 0 N–H and O–H groups in total. The van der Waals surface area contributed by atoms with Crippen LogP contribution in [0.15, 0.2) is 16.9 Å². The van der Waals surface area contributed by atoms with Crippen LogP contribution in [0, 0.1) is 0 Å². The molecule has 2 nitrogen and oxygen atoms in total. The molecule has 0 fully saturated rings. The SMILES string of the molecule is CC1=C[N+](C)(C)C=N1. The van der Waals surface area contributed by atoms with Crippen molar-refractivity contribution < 1.29 is 4.48 Å². The number of hydrogen-bond acceptors (Lipinski definition) is 1. The van der Waals surface area contributed by atoms with Crippen LogP contribution in [0.3, 0.4) is 0 Å². The number of nitrogens with zero attached hydrogens (tertiary/aromatic N) is 2. The molecule has 1 rings (SSSR count). The highest BCUT2D eigenvalue weighted by molar-refractivity contribution is 5.51. The van der Waals surface area contributed by atoms with E-state index in [4.69, 9.17) is 0 Å². The first-order valence-electron chi connectivity index (χ1n) is 2.68. The summed E-state index contributed by atoms with van der Waals surface area (Å²) in [6.45, 7) is 2.00. The summed E-state index contributed by atoms with van der Waals surface area (Å²) < 4.78 is 0.784. The van der Waals surface area contributed by atoms with Gasteiger partial charge in [-0.15, -0.1) is 0 Å². The highest BCUT2D eigenvalue weighted by Crippen LogP contribution is 2.08. The third-order valence-electron chi connectivity index (χ3n) is 1.08. The first-order valence-corrected chi connectivity index (χ1v) is 2.68. The van der Waals surface area contributed by atoms with Gasteiger partial charge in [0.1, 0.15) is 6.20 Å². The molecule has 0 spiro atoms. The molecule has 44 valence electrons. The molecular weight excluding hydrogens is 100 g/mol. The summed E-state index contributed by atoms with van der Waals surface area (Å²) in [5.41, 5.74) is 1.11. The van der Waals surface area contributed by atoms with Gasteiger partial charge in [-0.1, -0.05) is 0 Å². The second kappa shape index (κ2) is 1.42. The monoisotopic (exact) mass is 111 g/mol. The Hall–Kier alpha value is -0.630. The molecule has 0 aromatic rings. The van der Waals surface area contributed by atoms with Crippen LogP contribution in [0.2, 0.25) is 0 Å². The van der Waals surface area contributed by atoms with Crippen molar-refractivity contribution in [3.05, 3.63) is 11.9 Å². The van der Waals surface area contributed by atoms with E-state index < -0.39 is 0 Å². The Morgan fingerprint density at radius 1 is 1.50 bits per heavy atom. The van der Waals surface area contributed by atoms with Gasteiger partial charge in [0.15, 0.2) is 6.34 Å². The summed E-state index contributed by atoms with van der Waals surface area (Å²) in [4.78, 5) is 4.10. The van der Waals surface area contributed by atoms with Crippen molar-refractivity contribution >= 4 is 6.34 Å². The van der Waals surface area contributed by atoms with Gasteiger partial charge in [0, 0.05) is 0 Å². The van der Waals surface area contributed by atoms with Crippen molar-refractivity contribution in [3.63, 3.8) is 0 Å². The fourth-order valence-electron chi connectivity index (χ4n) is 0.788. The number of rotatable bonds is 0. The van der Waals surface area contributed by atoms with Crippen LogP contribution in [0.5, 0.6) is 0 Å². The van der Waals surface area contributed by atoms with E-state index in [0.717, 1.165) is 10.2 Å². The van der Waals surface area contributed by atoms with Gasteiger partial charge >= 0.3 is 0 Å². The second-order valence-corrected chi connectivity index (χ2v) is 2.64. The second-order valence-electron chi connectivity index (χ2n) is 2.64. The van der Waals surface area contributed by atoms with Crippen molar-refractivity contribution in [1.82, 2.24) is 0 Å². The normalized spacial score (nSPS) is 23.6. The third kappa shape index (κ3) is 0.954. The lowest BCUT2D eigenvalue weighted by Crippen LogP contribution is -2.28. The van der Waals surface area contributed by atoms with E-state index in [9.17, 15) is 0 Å². The summed E-state index contributed by atoms with van der Waals surface area (Å²) in [5.74, 6) is 0. The van der Waals surface area contributed by atoms with Gasteiger partial charge < -0.3 is 0 Å². The van der Waals surface area contributed by atoms with Crippen molar-refractivity contribution in [2.24, 2.45) is 4.99 Å². The van der Waals surface area contributed by atoms with Gasteiger partial charge in [-0.2, -0.15) is 0 Å². The quantitative estimate of drug-likeness (QED) is 0.413. The van der Waals surface area contributed by atoms with E-state index in [2.05, 4.69) is 25.3 Å². The van der Waals surface area contributed by atoms with E-state index in [0.29, 0.717) is 0 Å². The van der Waals surface area contributed by atoms with Crippen LogP contribution in [0.4, 0.5) is 0 Å². The zero-order valence-corrected chi connectivity index (χ0v) is 5.55.